The molecule has 0 bridgehead atoms. The number of amides is 4. The topological polar surface area (TPSA) is 85.5 Å². The molecule has 5 rings (SSSR count). The Balaban J connectivity index is 1.51. The van der Waals surface area contributed by atoms with E-state index in [2.05, 4.69) is 17.2 Å². The lowest BCUT2D eigenvalue weighted by Gasteiger charge is -2.33. The Labute approximate surface area is 186 Å². The minimum atomic E-state index is -0.583. The summed E-state index contributed by atoms with van der Waals surface area (Å²) in [7, 11) is 0. The molecule has 2 atom stereocenters. The molecule has 164 valence electrons. The smallest absolute Gasteiger partial charge is 0.332 e. The molecule has 2 aliphatic heterocycles. The highest BCUT2D eigenvalue weighted by molar-refractivity contribution is 6.24. The first-order valence-electron chi connectivity index (χ1n) is 11.2. The number of H-pyrrole nitrogens is 1. The molecule has 7 nitrogen and oxygen atoms in total. The lowest BCUT2D eigenvalue weighted by atomic mass is 9.93. The molecule has 0 spiro atoms. The van der Waals surface area contributed by atoms with E-state index >= 15 is 0 Å². The molecular formula is C25H26N4O3. The van der Waals surface area contributed by atoms with Gasteiger partial charge in [0.2, 0.25) is 0 Å². The fraction of sp³-hybridized carbons (Fsp3) is 0.320. The van der Waals surface area contributed by atoms with Crippen LogP contribution < -0.4 is 10.2 Å². The van der Waals surface area contributed by atoms with Crippen molar-refractivity contribution in [3.8, 4) is 0 Å². The van der Waals surface area contributed by atoms with Crippen molar-refractivity contribution in [2.45, 2.75) is 45.2 Å². The summed E-state index contributed by atoms with van der Waals surface area (Å²) in [6.07, 6.45) is 2.29. The zero-order valence-electron chi connectivity index (χ0n) is 18.2. The second kappa shape index (κ2) is 7.82. The summed E-state index contributed by atoms with van der Waals surface area (Å²) in [6, 6.07) is 13.6. The zero-order valence-corrected chi connectivity index (χ0v) is 18.2. The summed E-state index contributed by atoms with van der Waals surface area (Å²) in [5.74, 6) is -0.560. The number of benzene rings is 2. The number of aromatic amines is 1. The summed E-state index contributed by atoms with van der Waals surface area (Å²) in [5, 5.41) is 3.97. The lowest BCUT2D eigenvalue weighted by molar-refractivity contribution is -0.120. The number of urea groups is 1. The van der Waals surface area contributed by atoms with E-state index in [-0.39, 0.29) is 23.9 Å². The van der Waals surface area contributed by atoms with Crippen LogP contribution in [-0.4, -0.2) is 40.3 Å². The van der Waals surface area contributed by atoms with Crippen LogP contribution in [-0.2, 0) is 11.2 Å². The predicted molar refractivity (Wildman–Crippen MR) is 123 cm³/mol. The number of carbonyl (C=O) groups excluding carboxylic acids is 3. The van der Waals surface area contributed by atoms with Gasteiger partial charge in [0.1, 0.15) is 6.04 Å². The van der Waals surface area contributed by atoms with Crippen molar-refractivity contribution in [3.63, 3.8) is 0 Å². The normalized spacial score (nSPS) is 19.9. The standard InChI is InChI=1S/C25H26N4O3/c1-3-4-13-26-23(30)17-10-6-8-12-20(17)29-24(31)21-14-18-16-9-5-7-11-19(16)27-22(18)15(2)28(21)25(29)32/h5-12,15,21,27H,3-4,13-14H2,1-2H3,(H,26,30)/t15?,21-/m0/s1. The molecule has 1 aromatic heterocycles. The Morgan fingerprint density at radius 1 is 1.12 bits per heavy atom. The van der Waals surface area contributed by atoms with Gasteiger partial charge < -0.3 is 15.2 Å². The van der Waals surface area contributed by atoms with Crippen LogP contribution in [0, 0.1) is 0 Å². The molecule has 1 fully saturated rings. The SMILES string of the molecule is CCCCNC(=O)c1ccccc1N1C(=O)[C@@H]2Cc3c([nH]c4ccccc34)C(C)N2C1=O. The number of rotatable bonds is 5. The number of fused-ring (bicyclic) bond motifs is 4. The Bertz CT molecular complexity index is 1230. The number of nitrogens with zero attached hydrogens (tertiary/aromatic N) is 2. The quantitative estimate of drug-likeness (QED) is 0.471. The third kappa shape index (κ3) is 2.99. The fourth-order valence-corrected chi connectivity index (χ4v) is 4.92. The maximum absolute atomic E-state index is 13.5. The number of unbranched alkanes of at least 4 members (excludes halogenated alkanes) is 1. The van der Waals surface area contributed by atoms with Gasteiger partial charge in [-0.1, -0.05) is 43.7 Å². The fourth-order valence-electron chi connectivity index (χ4n) is 4.92. The van der Waals surface area contributed by atoms with Gasteiger partial charge in [-0.05, 0) is 37.1 Å². The van der Waals surface area contributed by atoms with Gasteiger partial charge in [0.05, 0.1) is 17.3 Å². The third-order valence-corrected chi connectivity index (χ3v) is 6.54. The van der Waals surface area contributed by atoms with Gasteiger partial charge in [-0.3, -0.25) is 9.59 Å². The number of aromatic nitrogens is 1. The molecule has 3 heterocycles. The van der Waals surface area contributed by atoms with E-state index in [1.54, 1.807) is 29.2 Å². The second-order valence-corrected chi connectivity index (χ2v) is 8.45. The highest BCUT2D eigenvalue weighted by Crippen LogP contribution is 2.42. The molecule has 32 heavy (non-hydrogen) atoms. The van der Waals surface area contributed by atoms with Gasteiger partial charge in [-0.2, -0.15) is 0 Å². The predicted octanol–water partition coefficient (Wildman–Crippen LogP) is 4.15. The van der Waals surface area contributed by atoms with E-state index in [9.17, 15) is 14.4 Å². The molecule has 0 radical (unpaired) electrons. The number of nitrogens with one attached hydrogen (secondary N) is 2. The van der Waals surface area contributed by atoms with Crippen molar-refractivity contribution in [1.82, 2.24) is 15.2 Å². The summed E-state index contributed by atoms with van der Waals surface area (Å²) >= 11 is 0. The van der Waals surface area contributed by atoms with Crippen molar-refractivity contribution >= 4 is 34.4 Å². The molecular weight excluding hydrogens is 404 g/mol. The van der Waals surface area contributed by atoms with Crippen LogP contribution >= 0.6 is 0 Å². The van der Waals surface area contributed by atoms with Crippen molar-refractivity contribution in [1.29, 1.82) is 0 Å². The average molecular weight is 431 g/mol. The van der Waals surface area contributed by atoms with Crippen LogP contribution in [0.4, 0.5) is 10.5 Å². The van der Waals surface area contributed by atoms with E-state index < -0.39 is 6.04 Å². The average Bonchev–Trinajstić information content (AvgIpc) is 3.30. The van der Waals surface area contributed by atoms with E-state index in [4.69, 9.17) is 0 Å². The van der Waals surface area contributed by atoms with Crippen LogP contribution in [0.15, 0.2) is 48.5 Å². The third-order valence-electron chi connectivity index (χ3n) is 6.54. The molecule has 1 unspecified atom stereocenters. The van der Waals surface area contributed by atoms with Crippen molar-refractivity contribution in [2.75, 3.05) is 11.4 Å². The molecule has 2 aromatic carbocycles. The highest BCUT2D eigenvalue weighted by atomic mass is 16.2. The summed E-state index contributed by atoms with van der Waals surface area (Å²) in [6.45, 7) is 4.55. The van der Waals surface area contributed by atoms with Gasteiger partial charge in [0, 0.05) is 29.6 Å². The van der Waals surface area contributed by atoms with Crippen LogP contribution in [0.3, 0.4) is 0 Å². The number of para-hydroxylation sites is 2. The maximum Gasteiger partial charge on any atom is 0.332 e. The summed E-state index contributed by atoms with van der Waals surface area (Å²) < 4.78 is 0. The van der Waals surface area contributed by atoms with Gasteiger partial charge in [-0.25, -0.2) is 9.69 Å². The highest BCUT2D eigenvalue weighted by Gasteiger charge is 2.52. The molecule has 0 saturated carbocycles. The minimum absolute atomic E-state index is 0.274. The van der Waals surface area contributed by atoms with Crippen molar-refractivity contribution < 1.29 is 14.4 Å². The lowest BCUT2D eigenvalue weighted by Crippen LogP contribution is -2.42. The first kappa shape index (κ1) is 20.3. The van der Waals surface area contributed by atoms with Crippen LogP contribution in [0.2, 0.25) is 0 Å². The summed E-state index contributed by atoms with van der Waals surface area (Å²) in [5.41, 5.74) is 3.74. The Kier molecular flexibility index (Phi) is 4.96. The first-order valence-corrected chi connectivity index (χ1v) is 11.2. The number of anilines is 1. The zero-order chi connectivity index (χ0) is 22.4. The summed E-state index contributed by atoms with van der Waals surface area (Å²) in [4.78, 5) is 46.1. The number of hydrogen-bond donors (Lipinski definition) is 2. The Hall–Kier alpha value is -3.61. The molecule has 4 amide bonds. The largest absolute Gasteiger partial charge is 0.356 e. The first-order chi connectivity index (χ1) is 15.5. The van der Waals surface area contributed by atoms with Gasteiger partial charge in [0.15, 0.2) is 0 Å². The number of carbonyl (C=O) groups is 3. The van der Waals surface area contributed by atoms with Gasteiger partial charge >= 0.3 is 6.03 Å². The van der Waals surface area contributed by atoms with E-state index in [0.717, 1.165) is 35.0 Å². The van der Waals surface area contributed by atoms with Gasteiger partial charge in [0.25, 0.3) is 11.8 Å². The number of hydrogen-bond acceptors (Lipinski definition) is 3. The molecule has 7 heteroatoms. The van der Waals surface area contributed by atoms with Crippen LogP contribution in [0.25, 0.3) is 10.9 Å². The van der Waals surface area contributed by atoms with E-state index in [1.165, 1.54) is 4.90 Å². The van der Waals surface area contributed by atoms with E-state index in [1.807, 2.05) is 31.2 Å². The number of imide groups is 1. The molecule has 2 aliphatic rings. The molecule has 1 saturated heterocycles. The monoisotopic (exact) mass is 430 g/mol. The molecule has 2 N–H and O–H groups in total. The van der Waals surface area contributed by atoms with Crippen molar-refractivity contribution in [2.24, 2.45) is 0 Å². The van der Waals surface area contributed by atoms with Crippen LogP contribution in [0.5, 0.6) is 0 Å². The van der Waals surface area contributed by atoms with Crippen molar-refractivity contribution in [3.05, 3.63) is 65.4 Å². The molecule has 0 aliphatic carbocycles. The maximum atomic E-state index is 13.5. The van der Waals surface area contributed by atoms with E-state index in [0.29, 0.717) is 24.2 Å². The minimum Gasteiger partial charge on any atom is -0.356 e. The van der Waals surface area contributed by atoms with Crippen LogP contribution in [0.1, 0.15) is 54.3 Å². The molecule has 3 aromatic rings. The Morgan fingerprint density at radius 2 is 1.88 bits per heavy atom. The van der Waals surface area contributed by atoms with Gasteiger partial charge in [-0.15, -0.1) is 0 Å². The second-order valence-electron chi connectivity index (χ2n) is 8.45. The Morgan fingerprint density at radius 3 is 2.69 bits per heavy atom.